The first-order valence-corrected chi connectivity index (χ1v) is 8.69. The molecule has 2 nitrogen and oxygen atoms in total. The number of fused-ring (bicyclic) bond motifs is 2. The molecule has 0 spiro atoms. The first-order chi connectivity index (χ1) is 11.2. The molecule has 0 fully saturated rings. The number of rotatable bonds is 2. The molecule has 0 radical (unpaired) electrons. The van der Waals surface area contributed by atoms with E-state index in [1.807, 2.05) is 24.3 Å². The van der Waals surface area contributed by atoms with Crippen molar-refractivity contribution in [2.24, 2.45) is 0 Å². The van der Waals surface area contributed by atoms with E-state index in [1.54, 1.807) is 0 Å². The Labute approximate surface area is 144 Å². The van der Waals surface area contributed by atoms with Gasteiger partial charge >= 0.3 is 0 Å². The standard InChI is InChI=1S/C20H18BrNO/c21-17-7-5-14-9-10-22(12-16(14)11-17)13-19-18-4-2-1-3-15(18)6-8-20(19)23/h1-8,11,23H,9-10,12-13H2. The Kier molecular flexibility index (Phi) is 3.83. The van der Waals surface area contributed by atoms with Gasteiger partial charge in [-0.1, -0.05) is 52.3 Å². The van der Waals surface area contributed by atoms with Gasteiger partial charge in [-0.2, -0.15) is 0 Å². The number of aromatic hydroxyl groups is 1. The van der Waals surface area contributed by atoms with Crippen LogP contribution in [0.4, 0.5) is 0 Å². The molecule has 3 aromatic carbocycles. The Morgan fingerprint density at radius 3 is 2.78 bits per heavy atom. The van der Waals surface area contributed by atoms with E-state index >= 15 is 0 Å². The van der Waals surface area contributed by atoms with E-state index in [9.17, 15) is 5.11 Å². The van der Waals surface area contributed by atoms with E-state index in [1.165, 1.54) is 16.5 Å². The molecule has 0 amide bonds. The summed E-state index contributed by atoms with van der Waals surface area (Å²) in [5.41, 5.74) is 3.85. The summed E-state index contributed by atoms with van der Waals surface area (Å²) in [4.78, 5) is 2.41. The second-order valence-electron chi connectivity index (χ2n) is 6.16. The molecular formula is C20H18BrNO. The van der Waals surface area contributed by atoms with Gasteiger partial charge in [0.1, 0.15) is 5.75 Å². The molecule has 4 rings (SSSR count). The minimum absolute atomic E-state index is 0.392. The maximum atomic E-state index is 10.3. The summed E-state index contributed by atoms with van der Waals surface area (Å²) in [5.74, 6) is 0.392. The van der Waals surface area contributed by atoms with Gasteiger partial charge in [0.05, 0.1) is 0 Å². The molecule has 0 aliphatic carbocycles. The van der Waals surface area contributed by atoms with Gasteiger partial charge in [-0.05, 0) is 46.5 Å². The van der Waals surface area contributed by atoms with Gasteiger partial charge in [0.2, 0.25) is 0 Å². The molecule has 116 valence electrons. The molecule has 0 atom stereocenters. The van der Waals surface area contributed by atoms with Crippen LogP contribution in [-0.2, 0) is 19.5 Å². The SMILES string of the molecule is Oc1ccc2ccccc2c1CN1CCc2ccc(Br)cc2C1. The van der Waals surface area contributed by atoms with Crippen molar-refractivity contribution in [3.63, 3.8) is 0 Å². The molecule has 3 heteroatoms. The maximum Gasteiger partial charge on any atom is 0.120 e. The van der Waals surface area contributed by atoms with Crippen molar-refractivity contribution in [2.45, 2.75) is 19.5 Å². The predicted molar refractivity (Wildman–Crippen MR) is 97.6 cm³/mol. The highest BCUT2D eigenvalue weighted by atomic mass is 79.9. The lowest BCUT2D eigenvalue weighted by atomic mass is 9.98. The summed E-state index contributed by atoms with van der Waals surface area (Å²) in [6.45, 7) is 2.73. The molecular weight excluding hydrogens is 350 g/mol. The molecule has 1 aliphatic heterocycles. The first-order valence-electron chi connectivity index (χ1n) is 7.90. The zero-order valence-corrected chi connectivity index (χ0v) is 14.4. The number of nitrogens with zero attached hydrogens (tertiary/aromatic N) is 1. The van der Waals surface area contributed by atoms with E-state index in [-0.39, 0.29) is 0 Å². The van der Waals surface area contributed by atoms with Crippen molar-refractivity contribution in [2.75, 3.05) is 6.54 Å². The number of hydrogen-bond acceptors (Lipinski definition) is 2. The van der Waals surface area contributed by atoms with Crippen LogP contribution in [0.5, 0.6) is 5.75 Å². The zero-order valence-electron chi connectivity index (χ0n) is 12.8. The number of benzene rings is 3. The molecule has 0 unspecified atom stereocenters. The molecule has 1 heterocycles. The summed E-state index contributed by atoms with van der Waals surface area (Å²) in [6, 6.07) is 18.6. The van der Waals surface area contributed by atoms with Crippen LogP contribution in [0.25, 0.3) is 10.8 Å². The minimum atomic E-state index is 0.392. The van der Waals surface area contributed by atoms with Gasteiger partial charge in [-0.15, -0.1) is 0 Å². The van der Waals surface area contributed by atoms with Crippen molar-refractivity contribution < 1.29 is 5.11 Å². The summed E-state index contributed by atoms with van der Waals surface area (Å²) in [7, 11) is 0. The smallest absolute Gasteiger partial charge is 0.120 e. The van der Waals surface area contributed by atoms with Crippen LogP contribution in [0.3, 0.4) is 0 Å². The Balaban J connectivity index is 1.66. The summed E-state index contributed by atoms with van der Waals surface area (Å²) in [5, 5.41) is 12.7. The van der Waals surface area contributed by atoms with Gasteiger partial charge < -0.3 is 5.11 Å². The lowest BCUT2D eigenvalue weighted by Gasteiger charge is -2.29. The van der Waals surface area contributed by atoms with Crippen LogP contribution < -0.4 is 0 Å². The molecule has 23 heavy (non-hydrogen) atoms. The third-order valence-corrected chi connectivity index (χ3v) is 5.15. The van der Waals surface area contributed by atoms with Gasteiger partial charge in [0, 0.05) is 29.7 Å². The molecule has 0 bridgehead atoms. The fraction of sp³-hybridized carbons (Fsp3) is 0.200. The summed E-state index contributed by atoms with van der Waals surface area (Å²) >= 11 is 3.56. The van der Waals surface area contributed by atoms with Crippen molar-refractivity contribution in [3.8, 4) is 5.75 Å². The molecule has 0 aromatic heterocycles. The highest BCUT2D eigenvalue weighted by Crippen LogP contribution is 2.30. The van der Waals surface area contributed by atoms with Crippen LogP contribution >= 0.6 is 15.9 Å². The third kappa shape index (κ3) is 2.87. The highest BCUT2D eigenvalue weighted by molar-refractivity contribution is 9.10. The molecule has 1 N–H and O–H groups in total. The van der Waals surface area contributed by atoms with E-state index in [2.05, 4.69) is 51.2 Å². The second kappa shape index (κ2) is 5.99. The fourth-order valence-corrected chi connectivity index (χ4v) is 3.84. The summed E-state index contributed by atoms with van der Waals surface area (Å²) < 4.78 is 1.13. The Morgan fingerprint density at radius 1 is 1.00 bits per heavy atom. The molecule has 0 saturated heterocycles. The average Bonchev–Trinajstić information content (AvgIpc) is 2.57. The summed E-state index contributed by atoms with van der Waals surface area (Å²) in [6.07, 6.45) is 1.06. The van der Waals surface area contributed by atoms with Crippen molar-refractivity contribution in [3.05, 3.63) is 75.8 Å². The van der Waals surface area contributed by atoms with Crippen molar-refractivity contribution in [1.82, 2.24) is 4.90 Å². The molecule has 0 saturated carbocycles. The van der Waals surface area contributed by atoms with Crippen LogP contribution in [0.15, 0.2) is 59.1 Å². The van der Waals surface area contributed by atoms with E-state index in [0.29, 0.717) is 5.75 Å². The quantitative estimate of drug-likeness (QED) is 0.698. The van der Waals surface area contributed by atoms with Crippen molar-refractivity contribution in [1.29, 1.82) is 0 Å². The number of hydrogen-bond donors (Lipinski definition) is 1. The van der Waals surface area contributed by atoms with Crippen LogP contribution in [0, 0.1) is 0 Å². The Hall–Kier alpha value is -1.84. The molecule has 1 aliphatic rings. The average molecular weight is 368 g/mol. The monoisotopic (exact) mass is 367 g/mol. The van der Waals surface area contributed by atoms with Gasteiger partial charge in [-0.25, -0.2) is 0 Å². The maximum absolute atomic E-state index is 10.3. The van der Waals surface area contributed by atoms with E-state index in [0.717, 1.165) is 41.5 Å². The Morgan fingerprint density at radius 2 is 1.87 bits per heavy atom. The van der Waals surface area contributed by atoms with Gasteiger partial charge in [0.15, 0.2) is 0 Å². The van der Waals surface area contributed by atoms with Crippen molar-refractivity contribution >= 4 is 26.7 Å². The first kappa shape index (κ1) is 14.7. The lowest BCUT2D eigenvalue weighted by molar-refractivity contribution is 0.243. The normalized spacial score (nSPS) is 14.8. The van der Waals surface area contributed by atoms with Gasteiger partial charge in [0.25, 0.3) is 0 Å². The highest BCUT2D eigenvalue weighted by Gasteiger charge is 2.18. The van der Waals surface area contributed by atoms with Crippen LogP contribution in [-0.4, -0.2) is 16.6 Å². The van der Waals surface area contributed by atoms with Crippen LogP contribution in [0.2, 0.25) is 0 Å². The van der Waals surface area contributed by atoms with Gasteiger partial charge in [-0.3, -0.25) is 4.90 Å². The largest absolute Gasteiger partial charge is 0.508 e. The lowest BCUT2D eigenvalue weighted by Crippen LogP contribution is -2.30. The van der Waals surface area contributed by atoms with E-state index in [4.69, 9.17) is 0 Å². The minimum Gasteiger partial charge on any atom is -0.508 e. The predicted octanol–water partition coefficient (Wildman–Crippen LogP) is 4.87. The van der Waals surface area contributed by atoms with Crippen LogP contribution in [0.1, 0.15) is 16.7 Å². The number of phenols is 1. The number of halogens is 1. The molecule has 3 aromatic rings. The van der Waals surface area contributed by atoms with E-state index < -0.39 is 0 Å². The third-order valence-electron chi connectivity index (χ3n) is 4.66. The second-order valence-corrected chi connectivity index (χ2v) is 7.07. The Bertz CT molecular complexity index is 875. The number of phenolic OH excluding ortho intramolecular Hbond substituents is 1. The fourth-order valence-electron chi connectivity index (χ4n) is 3.43. The zero-order chi connectivity index (χ0) is 15.8. The topological polar surface area (TPSA) is 23.5 Å².